The summed E-state index contributed by atoms with van der Waals surface area (Å²) < 4.78 is 5.67. The van der Waals surface area contributed by atoms with Gasteiger partial charge in [-0.05, 0) is 37.5 Å². The highest BCUT2D eigenvalue weighted by molar-refractivity contribution is 5.18. The molecule has 3 unspecified atom stereocenters. The summed E-state index contributed by atoms with van der Waals surface area (Å²) in [5.74, 6) is 0. The van der Waals surface area contributed by atoms with Crippen LogP contribution in [0.15, 0.2) is 110 Å². The van der Waals surface area contributed by atoms with Crippen LogP contribution in [0.3, 0.4) is 0 Å². The van der Waals surface area contributed by atoms with Crippen molar-refractivity contribution in [3.63, 3.8) is 0 Å². The summed E-state index contributed by atoms with van der Waals surface area (Å²) in [6.07, 6.45) is 6.09. The van der Waals surface area contributed by atoms with E-state index in [4.69, 9.17) is 0 Å². The van der Waals surface area contributed by atoms with Crippen molar-refractivity contribution in [2.24, 2.45) is 0 Å². The van der Waals surface area contributed by atoms with Crippen LogP contribution in [-0.2, 0) is 19.6 Å². The van der Waals surface area contributed by atoms with Crippen molar-refractivity contribution in [3.8, 4) is 0 Å². The van der Waals surface area contributed by atoms with E-state index in [0.29, 0.717) is 19.6 Å². The maximum absolute atomic E-state index is 4.60. The molecule has 0 N–H and O–H groups in total. The van der Waals surface area contributed by atoms with Crippen LogP contribution in [0.4, 0.5) is 0 Å². The molecule has 0 saturated heterocycles. The van der Waals surface area contributed by atoms with Crippen molar-refractivity contribution in [3.05, 3.63) is 143 Å². The molecule has 0 aliphatic carbocycles. The molecular weight excluding hydrogens is 536 g/mol. The number of hydrogen-bond donors (Lipinski definition) is 0. The van der Waals surface area contributed by atoms with E-state index < -0.39 is 0 Å². The normalized spacial score (nSPS) is 13.7. The Hall–Kier alpha value is -4.96. The number of nitrogens with zero attached hydrogens (tertiary/aromatic N) is 10. The molecule has 3 aromatic heterocycles. The second kappa shape index (κ2) is 12.9. The van der Waals surface area contributed by atoms with Crippen LogP contribution in [0.1, 0.15) is 72.7 Å². The van der Waals surface area contributed by atoms with Crippen LogP contribution in [0.2, 0.25) is 0 Å². The monoisotopic (exact) mass is 572 g/mol. The Balaban J connectivity index is 1.27. The van der Waals surface area contributed by atoms with E-state index in [0.717, 1.165) is 17.1 Å². The van der Waals surface area contributed by atoms with Gasteiger partial charge in [0.2, 0.25) is 0 Å². The first-order valence-corrected chi connectivity index (χ1v) is 14.6. The maximum Gasteiger partial charge on any atom is 0.0996 e. The van der Waals surface area contributed by atoms with Gasteiger partial charge in [0.05, 0.1) is 73.4 Å². The molecule has 3 atom stereocenters. The Morgan fingerprint density at radius 3 is 1.02 bits per heavy atom. The Morgan fingerprint density at radius 1 is 0.465 bits per heavy atom. The van der Waals surface area contributed by atoms with Gasteiger partial charge in [-0.25, -0.2) is 14.0 Å². The second-order valence-corrected chi connectivity index (χ2v) is 11.0. The van der Waals surface area contributed by atoms with E-state index in [-0.39, 0.29) is 18.1 Å². The van der Waals surface area contributed by atoms with Crippen LogP contribution in [0.25, 0.3) is 0 Å². The van der Waals surface area contributed by atoms with Gasteiger partial charge < -0.3 is 0 Å². The van der Waals surface area contributed by atoms with E-state index in [1.165, 1.54) is 16.7 Å². The molecule has 10 nitrogen and oxygen atoms in total. The highest BCUT2D eigenvalue weighted by Gasteiger charge is 2.33. The molecule has 0 saturated carbocycles. The fourth-order valence-corrected chi connectivity index (χ4v) is 5.52. The number of rotatable bonds is 12. The molecule has 3 aromatic carbocycles. The molecular formula is C33H36N10. The molecule has 0 radical (unpaired) electrons. The Bertz CT molecular complexity index is 1500. The summed E-state index contributed by atoms with van der Waals surface area (Å²) in [6, 6.07) is 30.6. The minimum Gasteiger partial charge on any atom is -0.278 e. The van der Waals surface area contributed by atoms with Gasteiger partial charge in [-0.1, -0.05) is 107 Å². The second-order valence-electron chi connectivity index (χ2n) is 11.0. The average molecular weight is 573 g/mol. The zero-order valence-corrected chi connectivity index (χ0v) is 24.7. The lowest BCUT2D eigenvalue weighted by atomic mass is 10.0. The van der Waals surface area contributed by atoms with Crippen LogP contribution in [-0.4, -0.2) is 49.9 Å². The first kappa shape index (κ1) is 28.2. The molecule has 43 heavy (non-hydrogen) atoms. The Morgan fingerprint density at radius 2 is 0.744 bits per heavy atom. The molecule has 10 heteroatoms. The molecule has 3 heterocycles. The van der Waals surface area contributed by atoms with E-state index >= 15 is 0 Å². The summed E-state index contributed by atoms with van der Waals surface area (Å²) in [5.41, 5.74) is 6.16. The number of benzene rings is 3. The van der Waals surface area contributed by atoms with Crippen molar-refractivity contribution in [2.75, 3.05) is 0 Å². The zero-order chi connectivity index (χ0) is 29.6. The van der Waals surface area contributed by atoms with Crippen molar-refractivity contribution < 1.29 is 0 Å². The molecule has 0 amide bonds. The van der Waals surface area contributed by atoms with Gasteiger partial charge in [-0.3, -0.25) is 4.90 Å². The van der Waals surface area contributed by atoms with Gasteiger partial charge >= 0.3 is 0 Å². The van der Waals surface area contributed by atoms with E-state index in [1.807, 2.05) is 87.2 Å². The Kier molecular flexibility index (Phi) is 8.46. The topological polar surface area (TPSA) is 95.4 Å². The smallest absolute Gasteiger partial charge is 0.0996 e. The van der Waals surface area contributed by atoms with Gasteiger partial charge in [0, 0.05) is 0 Å². The minimum atomic E-state index is -0.0897. The van der Waals surface area contributed by atoms with Crippen LogP contribution < -0.4 is 0 Å². The molecule has 0 bridgehead atoms. The van der Waals surface area contributed by atoms with E-state index in [9.17, 15) is 0 Å². The van der Waals surface area contributed by atoms with Crippen LogP contribution in [0.5, 0.6) is 0 Å². The van der Waals surface area contributed by atoms with Crippen molar-refractivity contribution >= 4 is 0 Å². The summed E-state index contributed by atoms with van der Waals surface area (Å²) in [7, 11) is 0. The molecule has 0 spiro atoms. The summed E-state index contributed by atoms with van der Waals surface area (Å²) >= 11 is 0. The number of hydrogen-bond acceptors (Lipinski definition) is 7. The minimum absolute atomic E-state index is 0.0897. The standard InChI is InChI=1S/C33H36N10/c1-25(31-22-40(37-34-31)19-28-13-7-4-8-14-28)43(26(2)32-23-41(38-35-32)20-29-15-9-5-10-16-29)27(3)33-24-42(39-36-33)21-30-17-11-6-12-18-30/h4-18,22-27H,19-21H2,1-3H3. The van der Waals surface area contributed by atoms with Gasteiger partial charge in [0.25, 0.3) is 0 Å². The van der Waals surface area contributed by atoms with Crippen molar-refractivity contribution in [2.45, 2.75) is 58.5 Å². The lowest BCUT2D eigenvalue weighted by Crippen LogP contribution is -2.33. The molecule has 218 valence electrons. The third-order valence-electron chi connectivity index (χ3n) is 7.86. The quantitative estimate of drug-likeness (QED) is 0.191. The maximum atomic E-state index is 4.60. The van der Waals surface area contributed by atoms with Gasteiger partial charge in [-0.2, -0.15) is 0 Å². The first-order valence-electron chi connectivity index (χ1n) is 14.6. The Labute approximate surface area is 251 Å². The van der Waals surface area contributed by atoms with Crippen molar-refractivity contribution in [1.82, 2.24) is 49.9 Å². The van der Waals surface area contributed by atoms with Gasteiger partial charge in [0.15, 0.2) is 0 Å². The fourth-order valence-electron chi connectivity index (χ4n) is 5.52. The summed E-state index contributed by atoms with van der Waals surface area (Å²) in [4.78, 5) is 2.37. The molecule has 0 aliphatic rings. The molecule has 6 rings (SSSR count). The number of aromatic nitrogens is 9. The third-order valence-corrected chi connectivity index (χ3v) is 7.86. The highest BCUT2D eigenvalue weighted by Crippen LogP contribution is 2.36. The first-order chi connectivity index (χ1) is 21.0. The highest BCUT2D eigenvalue weighted by atomic mass is 15.5. The molecule has 0 fully saturated rings. The average Bonchev–Trinajstić information content (AvgIpc) is 3.81. The summed E-state index contributed by atoms with van der Waals surface area (Å²) in [6.45, 7) is 8.46. The zero-order valence-electron chi connectivity index (χ0n) is 24.7. The largest absolute Gasteiger partial charge is 0.278 e. The molecule has 6 aromatic rings. The fraction of sp³-hybridized carbons (Fsp3) is 0.273. The summed E-state index contributed by atoms with van der Waals surface area (Å²) in [5, 5.41) is 27.2. The van der Waals surface area contributed by atoms with Crippen LogP contribution in [0, 0.1) is 0 Å². The lowest BCUT2D eigenvalue weighted by molar-refractivity contribution is 0.0957. The van der Waals surface area contributed by atoms with Gasteiger partial charge in [-0.15, -0.1) is 15.3 Å². The van der Waals surface area contributed by atoms with Crippen molar-refractivity contribution in [1.29, 1.82) is 0 Å². The van der Waals surface area contributed by atoms with Gasteiger partial charge in [0.1, 0.15) is 0 Å². The lowest BCUT2D eigenvalue weighted by Gasteiger charge is -2.36. The van der Waals surface area contributed by atoms with Crippen LogP contribution >= 0.6 is 0 Å². The predicted molar refractivity (Wildman–Crippen MR) is 164 cm³/mol. The van der Waals surface area contributed by atoms with E-state index in [2.05, 4.69) is 93.0 Å². The van der Waals surface area contributed by atoms with E-state index in [1.54, 1.807) is 0 Å². The predicted octanol–water partition coefficient (Wildman–Crippen LogP) is 5.49. The third kappa shape index (κ3) is 6.76. The molecule has 0 aliphatic heterocycles. The SMILES string of the molecule is CC(c1cn(Cc2ccccc2)nn1)N(C(C)c1cn(Cc2ccccc2)nn1)C(C)c1cn(Cc2ccccc2)nn1.